The molecule has 1 amide bonds. The second-order valence-electron chi connectivity index (χ2n) is 3.49. The van der Waals surface area contributed by atoms with Crippen molar-refractivity contribution < 1.29 is 4.79 Å². The number of rotatable bonds is 3. The van der Waals surface area contributed by atoms with Gasteiger partial charge in [-0.15, -0.1) is 0 Å². The first-order chi connectivity index (χ1) is 7.41. The van der Waals surface area contributed by atoms with Crippen LogP contribution in [0.5, 0.6) is 0 Å². The van der Waals surface area contributed by atoms with Crippen LogP contribution in [0.2, 0.25) is 0 Å². The van der Waals surface area contributed by atoms with Gasteiger partial charge in [-0.2, -0.15) is 5.10 Å². The van der Waals surface area contributed by atoms with E-state index in [2.05, 4.69) is 42.3 Å². The zero-order chi connectivity index (χ0) is 12.3. The SMILES string of the molecule is CC(C)NC(=O)Cn1ncc(Br)c(Br)c1=O. The van der Waals surface area contributed by atoms with E-state index in [1.54, 1.807) is 0 Å². The Balaban J connectivity index is 2.87. The van der Waals surface area contributed by atoms with Crippen molar-refractivity contribution in [1.29, 1.82) is 0 Å². The standard InChI is InChI=1S/C9H11Br2N3O2/c1-5(2)13-7(15)4-14-9(16)8(11)6(10)3-12-14/h3,5H,4H2,1-2H3,(H,13,15). The lowest BCUT2D eigenvalue weighted by Gasteiger charge is -2.09. The van der Waals surface area contributed by atoms with Gasteiger partial charge in [0, 0.05) is 6.04 Å². The number of nitrogens with one attached hydrogen (secondary N) is 1. The molecule has 0 atom stereocenters. The molecule has 1 aromatic rings. The maximum atomic E-state index is 11.7. The van der Waals surface area contributed by atoms with Crippen LogP contribution in [-0.2, 0) is 11.3 Å². The second-order valence-corrected chi connectivity index (χ2v) is 5.14. The molecule has 0 radical (unpaired) electrons. The molecule has 1 aromatic heterocycles. The van der Waals surface area contributed by atoms with Gasteiger partial charge >= 0.3 is 0 Å². The number of amides is 1. The first-order valence-corrected chi connectivity index (χ1v) is 6.21. The maximum absolute atomic E-state index is 11.7. The largest absolute Gasteiger partial charge is 0.352 e. The van der Waals surface area contributed by atoms with Gasteiger partial charge in [0.15, 0.2) is 0 Å². The normalized spacial score (nSPS) is 10.6. The van der Waals surface area contributed by atoms with Crippen LogP contribution in [0.15, 0.2) is 19.9 Å². The smallest absolute Gasteiger partial charge is 0.282 e. The summed E-state index contributed by atoms with van der Waals surface area (Å²) in [5.41, 5.74) is -0.340. The Kier molecular flexibility index (Phi) is 4.67. The molecule has 1 N–H and O–H groups in total. The molecule has 0 aliphatic carbocycles. The Labute approximate surface area is 109 Å². The Morgan fingerprint density at radius 3 is 2.75 bits per heavy atom. The number of carbonyl (C=O) groups excluding carboxylic acids is 1. The molecule has 7 heteroatoms. The average Bonchev–Trinajstić information content (AvgIpc) is 2.18. The summed E-state index contributed by atoms with van der Waals surface area (Å²) in [5, 5.41) is 6.54. The molecule has 0 saturated carbocycles. The molecule has 0 saturated heterocycles. The third kappa shape index (κ3) is 3.41. The van der Waals surface area contributed by atoms with Crippen LogP contribution in [0, 0.1) is 0 Å². The summed E-state index contributed by atoms with van der Waals surface area (Å²) in [6, 6.07) is 0.0436. The van der Waals surface area contributed by atoms with Gasteiger partial charge in [0.2, 0.25) is 5.91 Å². The number of nitrogens with zero attached hydrogens (tertiary/aromatic N) is 2. The Morgan fingerprint density at radius 2 is 2.19 bits per heavy atom. The Bertz CT molecular complexity index is 457. The Hall–Kier alpha value is -0.690. The number of halogens is 2. The molecule has 0 spiro atoms. The lowest BCUT2D eigenvalue weighted by Crippen LogP contribution is -2.37. The molecular formula is C9H11Br2N3O2. The summed E-state index contributed by atoms with van der Waals surface area (Å²) in [5.74, 6) is -0.237. The van der Waals surface area contributed by atoms with Crippen molar-refractivity contribution in [3.63, 3.8) is 0 Å². The Morgan fingerprint density at radius 1 is 1.56 bits per heavy atom. The van der Waals surface area contributed by atoms with Gasteiger partial charge in [0.25, 0.3) is 5.56 Å². The van der Waals surface area contributed by atoms with Crippen molar-refractivity contribution in [3.8, 4) is 0 Å². The van der Waals surface area contributed by atoms with Gasteiger partial charge in [-0.25, -0.2) is 4.68 Å². The van der Waals surface area contributed by atoms with Crippen molar-refractivity contribution in [2.45, 2.75) is 26.4 Å². The third-order valence-electron chi connectivity index (χ3n) is 1.69. The highest BCUT2D eigenvalue weighted by Crippen LogP contribution is 2.16. The van der Waals surface area contributed by atoms with Gasteiger partial charge in [-0.05, 0) is 45.7 Å². The number of hydrogen-bond donors (Lipinski definition) is 1. The van der Waals surface area contributed by atoms with Gasteiger partial charge in [-0.1, -0.05) is 0 Å². The molecule has 0 aliphatic rings. The van der Waals surface area contributed by atoms with Gasteiger partial charge < -0.3 is 5.32 Å². The van der Waals surface area contributed by atoms with E-state index in [0.717, 1.165) is 4.68 Å². The van der Waals surface area contributed by atoms with Crippen LogP contribution in [0.1, 0.15) is 13.8 Å². The molecule has 0 aliphatic heterocycles. The molecule has 1 heterocycles. The first-order valence-electron chi connectivity index (χ1n) is 4.62. The van der Waals surface area contributed by atoms with Crippen LogP contribution in [0.4, 0.5) is 0 Å². The third-order valence-corrected chi connectivity index (χ3v) is 3.59. The molecule has 0 bridgehead atoms. The molecule has 0 fully saturated rings. The van der Waals surface area contributed by atoms with Crippen LogP contribution < -0.4 is 10.9 Å². The van der Waals surface area contributed by atoms with E-state index in [4.69, 9.17) is 0 Å². The molecule has 0 unspecified atom stereocenters. The van der Waals surface area contributed by atoms with E-state index >= 15 is 0 Å². The van der Waals surface area contributed by atoms with Crippen LogP contribution in [0.25, 0.3) is 0 Å². The van der Waals surface area contributed by atoms with E-state index in [9.17, 15) is 9.59 Å². The highest BCUT2D eigenvalue weighted by atomic mass is 79.9. The van der Waals surface area contributed by atoms with E-state index in [-0.39, 0.29) is 24.1 Å². The minimum Gasteiger partial charge on any atom is -0.352 e. The van der Waals surface area contributed by atoms with Gasteiger partial charge in [-0.3, -0.25) is 9.59 Å². The lowest BCUT2D eigenvalue weighted by molar-refractivity contribution is -0.122. The highest BCUT2D eigenvalue weighted by molar-refractivity contribution is 9.13. The minimum atomic E-state index is -0.340. The van der Waals surface area contributed by atoms with Crippen molar-refractivity contribution >= 4 is 37.8 Å². The van der Waals surface area contributed by atoms with E-state index in [1.807, 2.05) is 13.8 Å². The first kappa shape index (κ1) is 13.4. The number of aromatic nitrogens is 2. The van der Waals surface area contributed by atoms with E-state index in [1.165, 1.54) is 6.20 Å². The van der Waals surface area contributed by atoms with Crippen LogP contribution >= 0.6 is 31.9 Å². The summed E-state index contributed by atoms with van der Waals surface area (Å²) in [6.45, 7) is 3.63. The summed E-state index contributed by atoms with van der Waals surface area (Å²) < 4.78 is 2.03. The fourth-order valence-corrected chi connectivity index (χ4v) is 1.63. The minimum absolute atomic E-state index is 0.0436. The fraction of sp³-hybridized carbons (Fsp3) is 0.444. The molecule has 16 heavy (non-hydrogen) atoms. The molecule has 5 nitrogen and oxygen atoms in total. The number of carbonyl (C=O) groups is 1. The summed E-state index contributed by atoms with van der Waals surface area (Å²) >= 11 is 6.28. The highest BCUT2D eigenvalue weighted by Gasteiger charge is 2.10. The number of hydrogen-bond acceptors (Lipinski definition) is 3. The van der Waals surface area contributed by atoms with Gasteiger partial charge in [0.05, 0.1) is 10.7 Å². The van der Waals surface area contributed by atoms with Crippen molar-refractivity contribution in [2.24, 2.45) is 0 Å². The zero-order valence-corrected chi connectivity index (χ0v) is 12.0. The summed E-state index contributed by atoms with van der Waals surface area (Å²) in [6.07, 6.45) is 1.47. The van der Waals surface area contributed by atoms with E-state index < -0.39 is 0 Å². The molecular weight excluding hydrogens is 342 g/mol. The molecule has 1 rings (SSSR count). The predicted octanol–water partition coefficient (Wildman–Crippen LogP) is 1.29. The molecule has 88 valence electrons. The maximum Gasteiger partial charge on any atom is 0.282 e. The average molecular weight is 353 g/mol. The van der Waals surface area contributed by atoms with E-state index in [0.29, 0.717) is 8.95 Å². The summed E-state index contributed by atoms with van der Waals surface area (Å²) in [7, 11) is 0. The fourth-order valence-electron chi connectivity index (χ4n) is 1.06. The van der Waals surface area contributed by atoms with Crippen molar-refractivity contribution in [3.05, 3.63) is 25.5 Å². The second kappa shape index (κ2) is 5.58. The predicted molar refractivity (Wildman–Crippen MR) is 67.2 cm³/mol. The quantitative estimate of drug-likeness (QED) is 0.891. The topological polar surface area (TPSA) is 64.0 Å². The summed E-state index contributed by atoms with van der Waals surface area (Å²) in [4.78, 5) is 23.1. The molecule has 0 aromatic carbocycles. The monoisotopic (exact) mass is 351 g/mol. The lowest BCUT2D eigenvalue weighted by atomic mass is 10.4. The van der Waals surface area contributed by atoms with Crippen LogP contribution in [0.3, 0.4) is 0 Å². The van der Waals surface area contributed by atoms with Crippen molar-refractivity contribution in [2.75, 3.05) is 0 Å². The van der Waals surface area contributed by atoms with Crippen molar-refractivity contribution in [1.82, 2.24) is 15.1 Å². The van der Waals surface area contributed by atoms with Gasteiger partial charge in [0.1, 0.15) is 11.0 Å². The zero-order valence-electron chi connectivity index (χ0n) is 8.83. The van der Waals surface area contributed by atoms with Crippen LogP contribution in [-0.4, -0.2) is 21.7 Å².